The third-order valence-electron chi connectivity index (χ3n) is 5.81. The number of ketones is 1. The maximum Gasteiger partial charge on any atom is 0.253 e. The largest absolute Gasteiger partial charge is 0.486 e. The van der Waals surface area contributed by atoms with Crippen molar-refractivity contribution in [1.29, 1.82) is 0 Å². The Morgan fingerprint density at radius 2 is 1.89 bits per heavy atom. The molecule has 2 aliphatic heterocycles. The van der Waals surface area contributed by atoms with Crippen LogP contribution >= 0.6 is 0 Å². The fourth-order valence-electron chi connectivity index (χ4n) is 3.98. The van der Waals surface area contributed by atoms with Crippen molar-refractivity contribution in [2.24, 2.45) is 0 Å². The van der Waals surface area contributed by atoms with Gasteiger partial charge >= 0.3 is 0 Å². The summed E-state index contributed by atoms with van der Waals surface area (Å²) in [6.45, 7) is 4.96. The van der Waals surface area contributed by atoms with E-state index in [1.807, 2.05) is 26.0 Å². The van der Waals surface area contributed by atoms with Crippen LogP contribution in [0.5, 0.6) is 5.75 Å². The van der Waals surface area contributed by atoms with Gasteiger partial charge in [-0.3, -0.25) is 9.59 Å². The minimum atomic E-state index is -0.554. The summed E-state index contributed by atoms with van der Waals surface area (Å²) in [5.74, 6) is 0.192. The Bertz CT molecular complexity index is 929. The summed E-state index contributed by atoms with van der Waals surface area (Å²) in [5, 5.41) is 0. The normalized spacial score (nSPS) is 18.2. The molecule has 1 spiro atoms. The van der Waals surface area contributed by atoms with Crippen molar-refractivity contribution >= 4 is 11.7 Å². The number of nitrogens with zero attached hydrogens (tertiary/aromatic N) is 1. The minimum Gasteiger partial charge on any atom is -0.486 e. The van der Waals surface area contributed by atoms with E-state index in [-0.39, 0.29) is 11.7 Å². The van der Waals surface area contributed by atoms with Gasteiger partial charge in [0.2, 0.25) is 0 Å². The van der Waals surface area contributed by atoms with Crippen molar-refractivity contribution in [3.8, 4) is 5.75 Å². The van der Waals surface area contributed by atoms with Crippen LogP contribution in [-0.2, 0) is 0 Å². The van der Waals surface area contributed by atoms with Crippen molar-refractivity contribution < 1.29 is 18.7 Å². The summed E-state index contributed by atoms with van der Waals surface area (Å²) in [5.41, 5.74) is 2.54. The molecule has 0 aliphatic carbocycles. The summed E-state index contributed by atoms with van der Waals surface area (Å²) in [7, 11) is 0. The van der Waals surface area contributed by atoms with Gasteiger partial charge in [-0.25, -0.2) is 4.39 Å². The summed E-state index contributed by atoms with van der Waals surface area (Å²) >= 11 is 0. The van der Waals surface area contributed by atoms with E-state index in [0.29, 0.717) is 49.2 Å². The quantitative estimate of drug-likeness (QED) is 0.763. The van der Waals surface area contributed by atoms with Crippen molar-refractivity contribution in [3.63, 3.8) is 0 Å². The molecular formula is C22H22FNO3. The SMILES string of the molecule is Cc1ccc2c(c1C)OC1(CCN(C(=O)c3cccc(F)c3)CC1)CC2=O. The van der Waals surface area contributed by atoms with E-state index in [4.69, 9.17) is 4.74 Å². The van der Waals surface area contributed by atoms with E-state index in [1.165, 1.54) is 12.1 Å². The predicted molar refractivity (Wildman–Crippen MR) is 99.8 cm³/mol. The lowest BCUT2D eigenvalue weighted by Crippen LogP contribution is -2.52. The second kappa shape index (κ2) is 6.48. The number of aryl methyl sites for hydroxylation is 1. The van der Waals surface area contributed by atoms with Gasteiger partial charge in [0, 0.05) is 31.5 Å². The molecule has 27 heavy (non-hydrogen) atoms. The lowest BCUT2D eigenvalue weighted by molar-refractivity contribution is -0.00621. The predicted octanol–water partition coefficient (Wildman–Crippen LogP) is 4.08. The van der Waals surface area contributed by atoms with Crippen LogP contribution in [0.15, 0.2) is 36.4 Å². The molecule has 2 aliphatic rings. The third kappa shape index (κ3) is 3.11. The molecule has 1 saturated heterocycles. The molecule has 4 nitrogen and oxygen atoms in total. The highest BCUT2D eigenvalue weighted by Gasteiger charge is 2.44. The zero-order chi connectivity index (χ0) is 19.2. The first-order valence-corrected chi connectivity index (χ1v) is 9.26. The van der Waals surface area contributed by atoms with Gasteiger partial charge in [0.1, 0.15) is 17.2 Å². The second-order valence-corrected chi connectivity index (χ2v) is 7.57. The van der Waals surface area contributed by atoms with Crippen LogP contribution < -0.4 is 4.74 Å². The van der Waals surface area contributed by atoms with Crippen LogP contribution in [0.1, 0.15) is 51.1 Å². The van der Waals surface area contributed by atoms with Crippen LogP contribution in [0.2, 0.25) is 0 Å². The molecule has 2 aromatic carbocycles. The first-order chi connectivity index (χ1) is 12.9. The summed E-state index contributed by atoms with van der Waals surface area (Å²) < 4.78 is 19.8. The molecule has 0 radical (unpaired) electrons. The number of piperidine rings is 1. The van der Waals surface area contributed by atoms with E-state index in [1.54, 1.807) is 17.0 Å². The van der Waals surface area contributed by atoms with Gasteiger partial charge in [-0.1, -0.05) is 12.1 Å². The number of likely N-dealkylation sites (tertiary alicyclic amines) is 1. The van der Waals surface area contributed by atoms with Gasteiger partial charge in [-0.15, -0.1) is 0 Å². The molecule has 5 heteroatoms. The number of fused-ring (bicyclic) bond motifs is 1. The van der Waals surface area contributed by atoms with E-state index in [9.17, 15) is 14.0 Å². The molecule has 0 atom stereocenters. The second-order valence-electron chi connectivity index (χ2n) is 7.57. The number of hydrogen-bond donors (Lipinski definition) is 0. The lowest BCUT2D eigenvalue weighted by atomic mass is 9.81. The molecule has 1 amide bonds. The van der Waals surface area contributed by atoms with E-state index < -0.39 is 11.4 Å². The fourth-order valence-corrected chi connectivity index (χ4v) is 3.98. The summed E-state index contributed by atoms with van der Waals surface area (Å²) in [4.78, 5) is 27.0. The topological polar surface area (TPSA) is 46.6 Å². The number of rotatable bonds is 1. The Morgan fingerprint density at radius 3 is 2.59 bits per heavy atom. The summed E-state index contributed by atoms with van der Waals surface area (Å²) in [6, 6.07) is 9.54. The van der Waals surface area contributed by atoms with Crippen LogP contribution in [-0.4, -0.2) is 35.3 Å². The molecule has 0 saturated carbocycles. The molecule has 0 aromatic heterocycles. The van der Waals surface area contributed by atoms with Crippen LogP contribution in [0.4, 0.5) is 4.39 Å². The Balaban J connectivity index is 1.53. The Labute approximate surface area is 157 Å². The van der Waals surface area contributed by atoms with Gasteiger partial charge in [-0.05, 0) is 49.2 Å². The number of hydrogen-bond acceptors (Lipinski definition) is 3. The Hall–Kier alpha value is -2.69. The highest BCUT2D eigenvalue weighted by molar-refractivity contribution is 6.01. The Kier molecular flexibility index (Phi) is 4.25. The number of halogens is 1. The van der Waals surface area contributed by atoms with Gasteiger partial charge in [0.25, 0.3) is 5.91 Å². The first-order valence-electron chi connectivity index (χ1n) is 9.26. The first kappa shape index (κ1) is 17.7. The third-order valence-corrected chi connectivity index (χ3v) is 5.81. The highest BCUT2D eigenvalue weighted by atomic mass is 19.1. The fraction of sp³-hybridized carbons (Fsp3) is 0.364. The van der Waals surface area contributed by atoms with Crippen molar-refractivity contribution in [3.05, 3.63) is 64.5 Å². The molecule has 0 unspecified atom stereocenters. The minimum absolute atomic E-state index is 0.101. The lowest BCUT2D eigenvalue weighted by Gasteiger charge is -2.44. The van der Waals surface area contributed by atoms with E-state index >= 15 is 0 Å². The monoisotopic (exact) mass is 367 g/mol. The molecule has 4 rings (SSSR count). The number of amides is 1. The molecule has 0 bridgehead atoms. The van der Waals surface area contributed by atoms with Crippen LogP contribution in [0, 0.1) is 19.7 Å². The molecule has 1 fully saturated rings. The maximum absolute atomic E-state index is 13.4. The zero-order valence-corrected chi connectivity index (χ0v) is 15.5. The number of Topliss-reactive ketones (excluding diaryl/α,β-unsaturated/α-hetero) is 1. The smallest absolute Gasteiger partial charge is 0.253 e. The average Bonchev–Trinajstić information content (AvgIpc) is 2.65. The Morgan fingerprint density at radius 1 is 1.15 bits per heavy atom. The van der Waals surface area contributed by atoms with Crippen LogP contribution in [0.3, 0.4) is 0 Å². The van der Waals surface area contributed by atoms with Gasteiger partial charge in [0.05, 0.1) is 12.0 Å². The maximum atomic E-state index is 13.4. The molecule has 2 heterocycles. The number of ether oxygens (including phenoxy) is 1. The molecule has 0 N–H and O–H groups in total. The van der Waals surface area contributed by atoms with Crippen molar-refractivity contribution in [2.75, 3.05) is 13.1 Å². The molecule has 140 valence electrons. The van der Waals surface area contributed by atoms with Crippen LogP contribution in [0.25, 0.3) is 0 Å². The van der Waals surface area contributed by atoms with E-state index in [0.717, 1.165) is 11.1 Å². The van der Waals surface area contributed by atoms with E-state index in [2.05, 4.69) is 0 Å². The average molecular weight is 367 g/mol. The van der Waals surface area contributed by atoms with Gasteiger partial charge in [0.15, 0.2) is 5.78 Å². The standard InChI is InChI=1S/C22H22FNO3/c1-14-6-7-18-19(25)13-22(27-20(18)15(14)2)8-10-24(11-9-22)21(26)16-4-3-5-17(23)12-16/h3-7,12H,8-11,13H2,1-2H3. The summed E-state index contributed by atoms with van der Waals surface area (Å²) in [6.07, 6.45) is 1.52. The molecule has 2 aromatic rings. The number of carbonyl (C=O) groups excluding carboxylic acids is 2. The van der Waals surface area contributed by atoms with Gasteiger partial charge in [-0.2, -0.15) is 0 Å². The zero-order valence-electron chi connectivity index (χ0n) is 15.5. The van der Waals surface area contributed by atoms with Gasteiger partial charge < -0.3 is 9.64 Å². The highest BCUT2D eigenvalue weighted by Crippen LogP contribution is 2.41. The molecular weight excluding hydrogens is 345 g/mol. The number of carbonyl (C=O) groups is 2. The number of benzene rings is 2. The van der Waals surface area contributed by atoms with Crippen molar-refractivity contribution in [2.45, 2.75) is 38.7 Å². The van der Waals surface area contributed by atoms with Crippen molar-refractivity contribution in [1.82, 2.24) is 4.90 Å².